The van der Waals surface area contributed by atoms with Crippen molar-refractivity contribution in [1.29, 1.82) is 0 Å². The van der Waals surface area contributed by atoms with Gasteiger partial charge >= 0.3 is 5.97 Å². The Morgan fingerprint density at radius 1 is 1.23 bits per heavy atom. The number of benzene rings is 3. The molecule has 2 N–H and O–H groups in total. The Morgan fingerprint density at radius 2 is 2.00 bits per heavy atom. The molecular weight excluding hydrogens is 449 g/mol. The van der Waals surface area contributed by atoms with Crippen molar-refractivity contribution in [2.75, 3.05) is 25.5 Å². The fourth-order valence-electron chi connectivity index (χ4n) is 5.33. The number of pyridine rings is 1. The average molecular weight is 474 g/mol. The molecule has 0 spiro atoms. The molecule has 8 heteroatoms. The van der Waals surface area contributed by atoms with Crippen LogP contribution in [0.1, 0.15) is 29.6 Å². The number of nitrogens with one attached hydrogen (secondary N) is 1. The number of aromatic carboxylic acids is 1. The number of hydrogen-bond donors (Lipinski definition) is 2. The Kier molecular flexibility index (Phi) is 5.00. The van der Waals surface area contributed by atoms with Crippen LogP contribution in [0.25, 0.3) is 27.4 Å². The van der Waals surface area contributed by atoms with Gasteiger partial charge in [-0.3, -0.25) is 4.79 Å². The van der Waals surface area contributed by atoms with Crippen LogP contribution in [0.3, 0.4) is 0 Å². The molecule has 0 amide bonds. The van der Waals surface area contributed by atoms with Gasteiger partial charge in [0.15, 0.2) is 17.3 Å². The molecule has 0 bridgehead atoms. The molecule has 6 rings (SSSR count). The summed E-state index contributed by atoms with van der Waals surface area (Å²) in [4.78, 5) is 27.1. The second-order valence-electron chi connectivity index (χ2n) is 9.27. The highest BCUT2D eigenvalue weighted by Gasteiger charge is 2.29. The smallest absolute Gasteiger partial charge is 0.341 e. The van der Waals surface area contributed by atoms with E-state index in [4.69, 9.17) is 4.74 Å². The molecule has 1 saturated heterocycles. The number of halogens is 1. The van der Waals surface area contributed by atoms with E-state index in [1.165, 1.54) is 6.20 Å². The van der Waals surface area contributed by atoms with Gasteiger partial charge in [0, 0.05) is 18.8 Å². The second kappa shape index (κ2) is 8.09. The standard InChI is InChI=1S/C27H24FN3O4/c1-30-10-4-7-17(30)8-9-29-23-20(28)13-18-24-26(23)35-22-12-16-6-3-2-5-15(16)11-21(22)31(24)14-19(25(18)32)27(33)34/h2-3,5-6,11-14,17,29H,4,7-10H2,1H3,(H,33,34). The van der Waals surface area contributed by atoms with Crippen LogP contribution >= 0.6 is 0 Å². The molecule has 2 aliphatic heterocycles. The molecule has 3 aromatic carbocycles. The zero-order chi connectivity index (χ0) is 24.3. The fraction of sp³-hybridized carbons (Fsp3) is 0.259. The van der Waals surface area contributed by atoms with Crippen molar-refractivity contribution in [3.63, 3.8) is 0 Å². The number of aromatic nitrogens is 1. The van der Waals surface area contributed by atoms with Gasteiger partial charge in [0.25, 0.3) is 0 Å². The largest absolute Gasteiger partial charge is 0.477 e. The Bertz CT molecular complexity index is 1580. The van der Waals surface area contributed by atoms with Crippen molar-refractivity contribution in [1.82, 2.24) is 9.47 Å². The number of nitrogens with zero attached hydrogens (tertiary/aromatic N) is 2. The van der Waals surface area contributed by atoms with Crippen molar-refractivity contribution in [3.8, 4) is 17.2 Å². The van der Waals surface area contributed by atoms with Crippen molar-refractivity contribution in [3.05, 3.63) is 70.3 Å². The van der Waals surface area contributed by atoms with Crippen LogP contribution in [0, 0.1) is 5.82 Å². The van der Waals surface area contributed by atoms with Crippen LogP contribution in [-0.2, 0) is 0 Å². The van der Waals surface area contributed by atoms with Crippen LogP contribution < -0.4 is 15.5 Å². The summed E-state index contributed by atoms with van der Waals surface area (Å²) in [7, 11) is 2.10. The molecule has 3 heterocycles. The predicted molar refractivity (Wildman–Crippen MR) is 133 cm³/mol. The molecule has 1 aromatic heterocycles. The van der Waals surface area contributed by atoms with E-state index in [1.807, 2.05) is 36.4 Å². The van der Waals surface area contributed by atoms with Crippen LogP contribution in [-0.4, -0.2) is 46.7 Å². The summed E-state index contributed by atoms with van der Waals surface area (Å²) in [6.07, 6.45) is 4.42. The van der Waals surface area contributed by atoms with Crippen LogP contribution in [0.15, 0.2) is 53.5 Å². The van der Waals surface area contributed by atoms with E-state index in [1.54, 1.807) is 4.57 Å². The van der Waals surface area contributed by atoms with Crippen LogP contribution in [0.4, 0.5) is 10.1 Å². The third-order valence-corrected chi connectivity index (χ3v) is 7.18. The summed E-state index contributed by atoms with van der Waals surface area (Å²) >= 11 is 0. The highest BCUT2D eigenvalue weighted by Crippen LogP contribution is 2.46. The summed E-state index contributed by atoms with van der Waals surface area (Å²) in [6, 6.07) is 13.0. The number of hydrogen-bond acceptors (Lipinski definition) is 5. The second-order valence-corrected chi connectivity index (χ2v) is 9.27. The number of likely N-dealkylation sites (tertiary alicyclic amines) is 1. The van der Waals surface area contributed by atoms with Gasteiger partial charge in [-0.2, -0.15) is 0 Å². The van der Waals surface area contributed by atoms with E-state index in [0.29, 0.717) is 29.5 Å². The van der Waals surface area contributed by atoms with Gasteiger partial charge in [-0.1, -0.05) is 24.3 Å². The minimum atomic E-state index is -1.36. The van der Waals surface area contributed by atoms with Gasteiger partial charge in [-0.25, -0.2) is 9.18 Å². The molecule has 0 saturated carbocycles. The number of carboxylic acids is 1. The Hall–Kier alpha value is -3.91. The van der Waals surface area contributed by atoms with Crippen molar-refractivity contribution in [2.45, 2.75) is 25.3 Å². The molecule has 1 atom stereocenters. The van der Waals surface area contributed by atoms with E-state index in [-0.39, 0.29) is 16.8 Å². The number of carbonyl (C=O) groups is 1. The molecule has 0 aliphatic carbocycles. The quantitative estimate of drug-likeness (QED) is 0.375. The third kappa shape index (κ3) is 3.44. The number of rotatable bonds is 5. The number of fused-ring (bicyclic) bond motifs is 3. The maximum absolute atomic E-state index is 15.4. The van der Waals surface area contributed by atoms with Crippen molar-refractivity contribution >= 4 is 33.3 Å². The Labute approximate surface area is 200 Å². The minimum absolute atomic E-state index is 0.0303. The van der Waals surface area contributed by atoms with Crippen molar-refractivity contribution in [2.24, 2.45) is 0 Å². The molecule has 0 radical (unpaired) electrons. The first-order valence-electron chi connectivity index (χ1n) is 11.7. The lowest BCUT2D eigenvalue weighted by atomic mass is 10.0. The first-order chi connectivity index (χ1) is 16.9. The predicted octanol–water partition coefficient (Wildman–Crippen LogP) is 4.98. The van der Waals surface area contributed by atoms with Gasteiger partial charge in [0.05, 0.1) is 11.1 Å². The summed E-state index contributed by atoms with van der Waals surface area (Å²) in [5, 5.41) is 14.7. The van der Waals surface area contributed by atoms with Gasteiger partial charge in [-0.15, -0.1) is 0 Å². The summed E-state index contributed by atoms with van der Waals surface area (Å²) in [5.74, 6) is -1.36. The Balaban J connectivity index is 1.54. The number of anilines is 1. The van der Waals surface area contributed by atoms with E-state index >= 15 is 4.39 Å². The lowest BCUT2D eigenvalue weighted by Gasteiger charge is -2.27. The SMILES string of the molecule is CN1CCCC1CCNc1c(F)cc2c(=O)c(C(=O)O)cn3c2c1Oc1cc2ccccc2cc1-3. The van der Waals surface area contributed by atoms with Gasteiger partial charge in [0.1, 0.15) is 16.8 Å². The summed E-state index contributed by atoms with van der Waals surface area (Å²) in [6.45, 7) is 1.60. The van der Waals surface area contributed by atoms with Crippen LogP contribution in [0.2, 0.25) is 0 Å². The monoisotopic (exact) mass is 473 g/mol. The maximum atomic E-state index is 15.4. The summed E-state index contributed by atoms with van der Waals surface area (Å²) in [5.41, 5.74) is -0.0450. The summed E-state index contributed by atoms with van der Waals surface area (Å²) < 4.78 is 23.3. The first kappa shape index (κ1) is 21.6. The topological polar surface area (TPSA) is 83.8 Å². The molecule has 178 valence electrons. The zero-order valence-corrected chi connectivity index (χ0v) is 19.2. The number of ether oxygens (including phenoxy) is 1. The van der Waals surface area contributed by atoms with E-state index in [9.17, 15) is 14.7 Å². The first-order valence-corrected chi connectivity index (χ1v) is 11.7. The normalized spacial score (nSPS) is 16.9. The lowest BCUT2D eigenvalue weighted by Crippen LogP contribution is -2.27. The van der Waals surface area contributed by atoms with Crippen LogP contribution in [0.5, 0.6) is 11.5 Å². The molecule has 7 nitrogen and oxygen atoms in total. The van der Waals surface area contributed by atoms with E-state index in [0.717, 1.165) is 42.6 Å². The van der Waals surface area contributed by atoms with E-state index < -0.39 is 22.8 Å². The highest BCUT2D eigenvalue weighted by atomic mass is 19.1. The minimum Gasteiger partial charge on any atom is -0.477 e. The highest BCUT2D eigenvalue weighted by molar-refractivity contribution is 6.00. The third-order valence-electron chi connectivity index (χ3n) is 7.18. The molecule has 1 unspecified atom stereocenters. The van der Waals surface area contributed by atoms with E-state index in [2.05, 4.69) is 17.3 Å². The molecule has 1 fully saturated rings. The molecule has 35 heavy (non-hydrogen) atoms. The lowest BCUT2D eigenvalue weighted by molar-refractivity contribution is 0.0695. The van der Waals surface area contributed by atoms with Gasteiger partial charge in [-0.05, 0) is 61.8 Å². The Morgan fingerprint density at radius 3 is 2.71 bits per heavy atom. The molecule has 4 aromatic rings. The fourth-order valence-corrected chi connectivity index (χ4v) is 5.33. The van der Waals surface area contributed by atoms with Gasteiger partial charge < -0.3 is 24.6 Å². The maximum Gasteiger partial charge on any atom is 0.341 e. The molecular formula is C27H24FN3O4. The number of carboxylic acid groups (broad SMARTS) is 1. The average Bonchev–Trinajstić information content (AvgIpc) is 3.25. The molecule has 2 aliphatic rings. The van der Waals surface area contributed by atoms with Crippen molar-refractivity contribution < 1.29 is 19.0 Å². The zero-order valence-electron chi connectivity index (χ0n) is 19.2. The van der Waals surface area contributed by atoms with Gasteiger partial charge in [0.2, 0.25) is 5.43 Å².